The van der Waals surface area contributed by atoms with Crippen molar-refractivity contribution >= 4 is 29.3 Å². The largest absolute Gasteiger partial charge is 0.486 e. The summed E-state index contributed by atoms with van der Waals surface area (Å²) in [6.45, 7) is 2.35. The molecule has 1 heterocycles. The molecule has 1 aliphatic heterocycles. The van der Waals surface area contributed by atoms with Gasteiger partial charge in [-0.05, 0) is 37.3 Å². The van der Waals surface area contributed by atoms with E-state index >= 15 is 0 Å². The quantitative estimate of drug-likeness (QED) is 0.582. The zero-order valence-corrected chi connectivity index (χ0v) is 15.7. The van der Waals surface area contributed by atoms with Gasteiger partial charge >= 0.3 is 5.97 Å². The number of carbonyl (C=O) groups is 2. The van der Waals surface area contributed by atoms with Gasteiger partial charge in [-0.3, -0.25) is 9.59 Å². The average Bonchev–Trinajstić information content (AvgIpc) is 2.69. The normalized spacial score (nSPS) is 13.5. The second-order valence-electron chi connectivity index (χ2n) is 5.84. The number of anilines is 1. The van der Waals surface area contributed by atoms with Gasteiger partial charge in [0.25, 0.3) is 5.91 Å². The minimum atomic E-state index is -1.10. The summed E-state index contributed by atoms with van der Waals surface area (Å²) >= 11 is 1.23. The molecule has 9 heteroatoms. The van der Waals surface area contributed by atoms with E-state index in [9.17, 15) is 18.4 Å². The highest BCUT2D eigenvalue weighted by Crippen LogP contribution is 2.34. The molecule has 0 saturated heterocycles. The lowest BCUT2D eigenvalue weighted by Gasteiger charge is -2.18. The number of halogens is 2. The number of amides is 1. The molecule has 0 radical (unpaired) electrons. The van der Waals surface area contributed by atoms with Crippen molar-refractivity contribution in [1.82, 2.24) is 0 Å². The van der Waals surface area contributed by atoms with E-state index in [4.69, 9.17) is 14.2 Å². The maximum atomic E-state index is 13.2. The molecule has 2 aromatic rings. The summed E-state index contributed by atoms with van der Waals surface area (Å²) < 4.78 is 42.1. The zero-order valence-electron chi connectivity index (χ0n) is 14.9. The van der Waals surface area contributed by atoms with Crippen molar-refractivity contribution in [2.24, 2.45) is 0 Å². The predicted octanol–water partition coefficient (Wildman–Crippen LogP) is 3.40. The Labute approximate surface area is 164 Å². The topological polar surface area (TPSA) is 73.9 Å². The third kappa shape index (κ3) is 5.13. The van der Waals surface area contributed by atoms with Crippen LogP contribution < -0.4 is 14.8 Å². The summed E-state index contributed by atoms with van der Waals surface area (Å²) in [6.07, 6.45) is -1.10. The number of fused-ring (bicyclic) bond motifs is 1. The van der Waals surface area contributed by atoms with Gasteiger partial charge < -0.3 is 19.5 Å². The molecular formula is C19H17F2NO5S. The third-order valence-electron chi connectivity index (χ3n) is 3.73. The van der Waals surface area contributed by atoms with Crippen LogP contribution in [0.2, 0.25) is 0 Å². The Hall–Kier alpha value is -2.81. The number of hydrogen-bond acceptors (Lipinski definition) is 6. The molecule has 0 unspecified atom stereocenters. The maximum Gasteiger partial charge on any atom is 0.317 e. The summed E-state index contributed by atoms with van der Waals surface area (Å²) in [7, 11) is 0. The van der Waals surface area contributed by atoms with Crippen molar-refractivity contribution in [3.63, 3.8) is 0 Å². The van der Waals surface area contributed by atoms with Crippen LogP contribution in [0.1, 0.15) is 6.92 Å². The van der Waals surface area contributed by atoms with E-state index in [2.05, 4.69) is 5.32 Å². The Balaban J connectivity index is 1.48. The second-order valence-corrected chi connectivity index (χ2v) is 6.89. The molecule has 0 bridgehead atoms. The van der Waals surface area contributed by atoms with Crippen molar-refractivity contribution in [2.75, 3.05) is 24.3 Å². The molecule has 1 aliphatic rings. The smallest absolute Gasteiger partial charge is 0.317 e. The van der Waals surface area contributed by atoms with Crippen LogP contribution in [0.4, 0.5) is 14.5 Å². The minimum absolute atomic E-state index is 0.0115. The lowest BCUT2D eigenvalue weighted by Crippen LogP contribution is -2.30. The molecule has 0 fully saturated rings. The summed E-state index contributed by atoms with van der Waals surface area (Å²) in [5.41, 5.74) is 0.0671. The molecule has 3 rings (SSSR count). The average molecular weight is 409 g/mol. The lowest BCUT2D eigenvalue weighted by atomic mass is 10.3. The molecule has 1 atom stereocenters. The number of benzene rings is 2. The van der Waals surface area contributed by atoms with Crippen LogP contribution in [-0.4, -0.2) is 36.9 Å². The SMILES string of the molecule is C[C@H](OC(=O)CSc1ccc2c(c1)OCCO2)C(=O)Nc1ccc(F)c(F)c1. The van der Waals surface area contributed by atoms with Crippen LogP contribution in [0.3, 0.4) is 0 Å². The first kappa shape index (κ1) is 19.9. The Kier molecular flexibility index (Phi) is 6.35. The van der Waals surface area contributed by atoms with E-state index in [-0.39, 0.29) is 11.4 Å². The fraction of sp³-hybridized carbons (Fsp3) is 0.263. The molecule has 148 valence electrons. The Morgan fingerprint density at radius 1 is 1.11 bits per heavy atom. The van der Waals surface area contributed by atoms with E-state index in [1.807, 2.05) is 0 Å². The van der Waals surface area contributed by atoms with Gasteiger partial charge in [0.05, 0.1) is 5.75 Å². The van der Waals surface area contributed by atoms with E-state index in [0.717, 1.165) is 17.0 Å². The number of nitrogens with one attached hydrogen (secondary N) is 1. The van der Waals surface area contributed by atoms with Crippen LogP contribution >= 0.6 is 11.8 Å². The van der Waals surface area contributed by atoms with Gasteiger partial charge in [-0.2, -0.15) is 0 Å². The van der Waals surface area contributed by atoms with Crippen LogP contribution in [0, 0.1) is 11.6 Å². The zero-order chi connectivity index (χ0) is 20.1. The van der Waals surface area contributed by atoms with E-state index in [1.165, 1.54) is 24.8 Å². The highest BCUT2D eigenvalue weighted by Gasteiger charge is 2.19. The second kappa shape index (κ2) is 8.92. The van der Waals surface area contributed by atoms with Crippen molar-refractivity contribution in [3.8, 4) is 11.5 Å². The Morgan fingerprint density at radius 3 is 2.61 bits per heavy atom. The summed E-state index contributed by atoms with van der Waals surface area (Å²) in [5, 5.41) is 2.36. The van der Waals surface area contributed by atoms with Gasteiger partial charge in [0.2, 0.25) is 0 Å². The van der Waals surface area contributed by atoms with Gasteiger partial charge in [0.15, 0.2) is 29.2 Å². The minimum Gasteiger partial charge on any atom is -0.486 e. The lowest BCUT2D eigenvalue weighted by molar-refractivity contribution is -0.150. The molecule has 0 aromatic heterocycles. The van der Waals surface area contributed by atoms with Crippen molar-refractivity contribution in [3.05, 3.63) is 48.0 Å². The number of esters is 1. The number of hydrogen-bond donors (Lipinski definition) is 1. The van der Waals surface area contributed by atoms with E-state index in [0.29, 0.717) is 24.7 Å². The van der Waals surface area contributed by atoms with E-state index < -0.39 is 29.6 Å². The third-order valence-corrected chi connectivity index (χ3v) is 4.70. The standard InChI is InChI=1S/C19H17F2NO5S/c1-11(19(24)22-12-2-4-14(20)15(21)8-12)27-18(23)10-28-13-3-5-16-17(9-13)26-7-6-25-16/h2-5,8-9,11H,6-7,10H2,1H3,(H,22,24)/t11-/m0/s1. The molecule has 6 nitrogen and oxygen atoms in total. The van der Waals surface area contributed by atoms with Gasteiger partial charge in [0.1, 0.15) is 13.2 Å². The molecular weight excluding hydrogens is 392 g/mol. The summed E-state index contributed by atoms with van der Waals surface area (Å²) in [5.74, 6) is -2.09. The first-order valence-electron chi connectivity index (χ1n) is 8.40. The molecule has 1 N–H and O–H groups in total. The molecule has 28 heavy (non-hydrogen) atoms. The molecule has 0 aliphatic carbocycles. The van der Waals surface area contributed by atoms with Crippen LogP contribution in [-0.2, 0) is 14.3 Å². The van der Waals surface area contributed by atoms with Gasteiger partial charge in [-0.1, -0.05) is 0 Å². The van der Waals surface area contributed by atoms with Crippen LogP contribution in [0.25, 0.3) is 0 Å². The van der Waals surface area contributed by atoms with E-state index in [1.54, 1.807) is 18.2 Å². The summed E-state index contributed by atoms with van der Waals surface area (Å²) in [6, 6.07) is 8.28. The van der Waals surface area contributed by atoms with Gasteiger partial charge in [0, 0.05) is 16.6 Å². The highest BCUT2D eigenvalue weighted by molar-refractivity contribution is 8.00. The number of carbonyl (C=O) groups excluding carboxylic acids is 2. The van der Waals surface area contributed by atoms with Crippen molar-refractivity contribution in [2.45, 2.75) is 17.9 Å². The highest BCUT2D eigenvalue weighted by atomic mass is 32.2. The fourth-order valence-corrected chi connectivity index (χ4v) is 3.07. The van der Waals surface area contributed by atoms with Gasteiger partial charge in [-0.25, -0.2) is 8.78 Å². The Bertz CT molecular complexity index is 893. The number of thioether (sulfide) groups is 1. The molecule has 1 amide bonds. The monoisotopic (exact) mass is 409 g/mol. The summed E-state index contributed by atoms with van der Waals surface area (Å²) in [4.78, 5) is 24.8. The fourth-order valence-electron chi connectivity index (χ4n) is 2.36. The number of ether oxygens (including phenoxy) is 3. The van der Waals surface area contributed by atoms with Crippen molar-refractivity contribution < 1.29 is 32.6 Å². The molecule has 2 aromatic carbocycles. The molecule has 0 spiro atoms. The van der Waals surface area contributed by atoms with Crippen molar-refractivity contribution in [1.29, 1.82) is 0 Å². The van der Waals surface area contributed by atoms with Crippen LogP contribution in [0.5, 0.6) is 11.5 Å². The Morgan fingerprint density at radius 2 is 1.86 bits per heavy atom. The first-order valence-corrected chi connectivity index (χ1v) is 9.39. The predicted molar refractivity (Wildman–Crippen MR) is 98.7 cm³/mol. The van der Waals surface area contributed by atoms with Gasteiger partial charge in [-0.15, -0.1) is 11.8 Å². The first-order chi connectivity index (χ1) is 13.4. The maximum absolute atomic E-state index is 13.2. The number of rotatable bonds is 6. The molecule has 0 saturated carbocycles. The van der Waals surface area contributed by atoms with Crippen LogP contribution in [0.15, 0.2) is 41.3 Å².